The van der Waals surface area contributed by atoms with Crippen molar-refractivity contribution >= 4 is 30.2 Å². The standard InChI is InChI=1S/C19H15B/c1-2-15-9-6-10-17-18(20)12-11-16(19(15)17)13-14-7-4-3-5-8-14/h2-12H,1,13H2. The van der Waals surface area contributed by atoms with Crippen LogP contribution in [0.2, 0.25) is 0 Å². The summed E-state index contributed by atoms with van der Waals surface area (Å²) in [6.45, 7) is 3.92. The molecule has 0 atom stereocenters. The molecule has 0 amide bonds. The molecule has 0 saturated heterocycles. The highest BCUT2D eigenvalue weighted by Gasteiger charge is 2.07. The summed E-state index contributed by atoms with van der Waals surface area (Å²) in [7, 11) is 6.11. The van der Waals surface area contributed by atoms with Gasteiger partial charge in [0.2, 0.25) is 0 Å². The van der Waals surface area contributed by atoms with Gasteiger partial charge in [-0.3, -0.25) is 0 Å². The Bertz CT molecular complexity index is 757. The third-order valence-electron chi connectivity index (χ3n) is 3.65. The Balaban J connectivity index is 2.20. The Morgan fingerprint density at radius 3 is 2.45 bits per heavy atom. The summed E-state index contributed by atoms with van der Waals surface area (Å²) in [4.78, 5) is 0. The second-order valence-corrected chi connectivity index (χ2v) is 4.95. The summed E-state index contributed by atoms with van der Waals surface area (Å²) < 4.78 is 0. The van der Waals surface area contributed by atoms with Gasteiger partial charge in [-0.25, -0.2) is 0 Å². The van der Waals surface area contributed by atoms with Gasteiger partial charge in [-0.05, 0) is 33.9 Å². The fraction of sp³-hybridized carbons (Fsp3) is 0.0526. The highest BCUT2D eigenvalue weighted by molar-refractivity contribution is 6.39. The van der Waals surface area contributed by atoms with Crippen LogP contribution in [0, 0.1) is 0 Å². The quantitative estimate of drug-likeness (QED) is 0.622. The van der Waals surface area contributed by atoms with Gasteiger partial charge >= 0.3 is 0 Å². The van der Waals surface area contributed by atoms with Gasteiger partial charge in [0, 0.05) is 0 Å². The van der Waals surface area contributed by atoms with Crippen molar-refractivity contribution in [3.63, 3.8) is 0 Å². The van der Waals surface area contributed by atoms with E-state index in [4.69, 9.17) is 7.85 Å². The van der Waals surface area contributed by atoms with Crippen LogP contribution in [-0.4, -0.2) is 7.85 Å². The highest BCUT2D eigenvalue weighted by atomic mass is 14.1. The minimum absolute atomic E-state index is 0.820. The molecule has 0 aliphatic rings. The molecular weight excluding hydrogens is 239 g/mol. The summed E-state index contributed by atoms with van der Waals surface area (Å²) >= 11 is 0. The monoisotopic (exact) mass is 254 g/mol. The summed E-state index contributed by atoms with van der Waals surface area (Å²) in [5, 5.41) is 2.32. The lowest BCUT2D eigenvalue weighted by atomic mass is 9.85. The van der Waals surface area contributed by atoms with E-state index in [0.29, 0.717) is 0 Å². The number of fused-ring (bicyclic) bond motifs is 1. The Hall–Kier alpha value is -2.28. The van der Waals surface area contributed by atoms with Crippen LogP contribution in [0.5, 0.6) is 0 Å². The molecule has 0 aromatic heterocycles. The predicted molar refractivity (Wildman–Crippen MR) is 88.7 cm³/mol. The molecule has 3 rings (SSSR count). The van der Waals surface area contributed by atoms with E-state index < -0.39 is 0 Å². The molecule has 0 spiro atoms. The summed E-state index contributed by atoms with van der Waals surface area (Å²) in [5.74, 6) is 0. The molecule has 0 bridgehead atoms. The molecule has 0 nitrogen and oxygen atoms in total. The van der Waals surface area contributed by atoms with Crippen LogP contribution >= 0.6 is 0 Å². The van der Waals surface area contributed by atoms with Gasteiger partial charge in [-0.2, -0.15) is 0 Å². The van der Waals surface area contributed by atoms with Crippen molar-refractivity contribution in [1.29, 1.82) is 0 Å². The van der Waals surface area contributed by atoms with Gasteiger partial charge in [0.1, 0.15) is 7.85 Å². The molecule has 0 N–H and O–H groups in total. The van der Waals surface area contributed by atoms with Crippen molar-refractivity contribution in [2.45, 2.75) is 6.42 Å². The molecule has 0 aliphatic carbocycles. The number of hydrogen-bond acceptors (Lipinski definition) is 0. The smallest absolute Gasteiger partial charge is 0.0984 e. The molecule has 0 aliphatic heterocycles. The van der Waals surface area contributed by atoms with Crippen LogP contribution in [0.25, 0.3) is 16.8 Å². The Morgan fingerprint density at radius 1 is 0.900 bits per heavy atom. The summed E-state index contributed by atoms with van der Waals surface area (Å²) in [6.07, 6.45) is 2.80. The molecule has 0 saturated carbocycles. The third kappa shape index (κ3) is 2.27. The molecular formula is C19H15B. The maximum atomic E-state index is 6.11. The average molecular weight is 254 g/mol. The Morgan fingerprint density at radius 2 is 1.70 bits per heavy atom. The first-order chi connectivity index (χ1) is 9.79. The van der Waals surface area contributed by atoms with Gasteiger partial charge in [-0.15, -0.1) is 0 Å². The van der Waals surface area contributed by atoms with Crippen LogP contribution < -0.4 is 5.46 Å². The van der Waals surface area contributed by atoms with E-state index in [2.05, 4.69) is 49.0 Å². The zero-order valence-corrected chi connectivity index (χ0v) is 11.3. The second-order valence-electron chi connectivity index (χ2n) is 4.95. The van der Waals surface area contributed by atoms with Crippen LogP contribution in [0.4, 0.5) is 0 Å². The first-order valence-corrected chi connectivity index (χ1v) is 6.76. The molecule has 3 aromatic rings. The van der Waals surface area contributed by atoms with Crippen LogP contribution in [-0.2, 0) is 6.42 Å². The SMILES string of the molecule is [B]c1ccc(Cc2ccccc2)c2c(C=C)cccc12. The van der Waals surface area contributed by atoms with Crippen molar-refractivity contribution in [3.8, 4) is 0 Å². The molecule has 20 heavy (non-hydrogen) atoms. The normalized spacial score (nSPS) is 10.6. The highest BCUT2D eigenvalue weighted by Crippen LogP contribution is 2.24. The Kier molecular flexibility index (Phi) is 3.43. The lowest BCUT2D eigenvalue weighted by molar-refractivity contribution is 1.21. The van der Waals surface area contributed by atoms with E-state index in [1.807, 2.05) is 24.3 Å². The van der Waals surface area contributed by atoms with Crippen LogP contribution in [0.15, 0.2) is 67.2 Å². The molecule has 2 radical (unpaired) electrons. The first-order valence-electron chi connectivity index (χ1n) is 6.76. The fourth-order valence-corrected chi connectivity index (χ4v) is 2.67. The summed E-state index contributed by atoms with van der Waals surface area (Å²) in [5.41, 5.74) is 4.55. The largest absolute Gasteiger partial charge is 0.114 e. The third-order valence-corrected chi connectivity index (χ3v) is 3.65. The van der Waals surface area contributed by atoms with Crippen LogP contribution in [0.3, 0.4) is 0 Å². The maximum absolute atomic E-state index is 6.11. The number of benzene rings is 3. The zero-order valence-electron chi connectivity index (χ0n) is 11.3. The molecule has 94 valence electrons. The van der Waals surface area contributed by atoms with E-state index in [1.165, 1.54) is 16.5 Å². The molecule has 0 heterocycles. The van der Waals surface area contributed by atoms with Gasteiger partial charge in [-0.1, -0.05) is 78.8 Å². The first kappa shape index (κ1) is 12.7. The van der Waals surface area contributed by atoms with Gasteiger partial charge in [0.25, 0.3) is 0 Å². The zero-order chi connectivity index (χ0) is 13.9. The second kappa shape index (κ2) is 5.38. The van der Waals surface area contributed by atoms with Crippen molar-refractivity contribution in [2.24, 2.45) is 0 Å². The fourth-order valence-electron chi connectivity index (χ4n) is 2.67. The number of hydrogen-bond donors (Lipinski definition) is 0. The van der Waals surface area contributed by atoms with Gasteiger partial charge < -0.3 is 0 Å². The van der Waals surface area contributed by atoms with Crippen molar-refractivity contribution in [2.75, 3.05) is 0 Å². The molecule has 3 aromatic carbocycles. The molecule has 0 unspecified atom stereocenters. The van der Waals surface area contributed by atoms with Gasteiger partial charge in [0.15, 0.2) is 0 Å². The van der Waals surface area contributed by atoms with Crippen molar-refractivity contribution in [1.82, 2.24) is 0 Å². The molecule has 1 heteroatoms. The lowest BCUT2D eigenvalue weighted by Gasteiger charge is -2.12. The molecule has 0 fully saturated rings. The number of rotatable bonds is 3. The summed E-state index contributed by atoms with van der Waals surface area (Å²) in [6, 6.07) is 20.8. The van der Waals surface area contributed by atoms with E-state index >= 15 is 0 Å². The predicted octanol–water partition coefficient (Wildman–Crippen LogP) is 3.87. The van der Waals surface area contributed by atoms with Crippen molar-refractivity contribution < 1.29 is 0 Å². The van der Waals surface area contributed by atoms with Crippen molar-refractivity contribution in [3.05, 3.63) is 83.9 Å². The maximum Gasteiger partial charge on any atom is 0.114 e. The van der Waals surface area contributed by atoms with E-state index in [1.54, 1.807) is 0 Å². The lowest BCUT2D eigenvalue weighted by Crippen LogP contribution is -2.06. The van der Waals surface area contributed by atoms with E-state index in [-0.39, 0.29) is 0 Å². The van der Waals surface area contributed by atoms with Crippen LogP contribution in [0.1, 0.15) is 16.7 Å². The van der Waals surface area contributed by atoms with Gasteiger partial charge in [0.05, 0.1) is 0 Å². The minimum Gasteiger partial charge on any atom is -0.0984 e. The minimum atomic E-state index is 0.820. The average Bonchev–Trinajstić information content (AvgIpc) is 2.50. The topological polar surface area (TPSA) is 0 Å². The van der Waals surface area contributed by atoms with E-state index in [9.17, 15) is 0 Å². The van der Waals surface area contributed by atoms with E-state index in [0.717, 1.165) is 22.8 Å². The Labute approximate surface area is 121 Å².